The average Bonchev–Trinajstić information content (AvgIpc) is 3.31. The molecule has 2 heteroatoms. The number of unbranched alkanes of at least 4 members (excludes halogenated alkanes) is 2. The van der Waals surface area contributed by atoms with E-state index >= 15 is 0 Å². The Balaban J connectivity index is 1.94. The van der Waals surface area contributed by atoms with Gasteiger partial charge in [-0.05, 0) is 61.8 Å². The van der Waals surface area contributed by atoms with Crippen LogP contribution in [-0.4, -0.2) is 4.57 Å². The second kappa shape index (κ2) is 10.6. The summed E-state index contributed by atoms with van der Waals surface area (Å²) in [6.07, 6.45) is 7.26. The predicted molar refractivity (Wildman–Crippen MR) is 167 cm³/mol. The molecule has 5 rings (SSSR count). The molecule has 0 N–H and O–H groups in total. The fourth-order valence-electron chi connectivity index (χ4n) is 7.51. The van der Waals surface area contributed by atoms with E-state index in [9.17, 15) is 0 Å². The highest BCUT2D eigenvalue weighted by atomic mass is 15.2. The summed E-state index contributed by atoms with van der Waals surface area (Å²) in [4.78, 5) is 0. The molecule has 3 aromatic carbocycles. The first-order valence-corrected chi connectivity index (χ1v) is 15.5. The number of para-hydroxylation sites is 3. The quantitative estimate of drug-likeness (QED) is 0.153. The van der Waals surface area contributed by atoms with Gasteiger partial charge in [-0.1, -0.05) is 116 Å². The number of hydrogen-bond donors (Lipinski definition) is 0. The maximum Gasteiger partial charge on any atom is 0.295 e. The first kappa shape index (κ1) is 27.7. The van der Waals surface area contributed by atoms with Crippen molar-refractivity contribution in [3.05, 3.63) is 83.4 Å². The van der Waals surface area contributed by atoms with E-state index in [4.69, 9.17) is 0 Å². The topological polar surface area (TPSA) is 8.81 Å². The lowest BCUT2D eigenvalue weighted by Crippen LogP contribution is -2.67. The van der Waals surface area contributed by atoms with Gasteiger partial charge >= 0.3 is 0 Å². The van der Waals surface area contributed by atoms with Crippen molar-refractivity contribution in [2.24, 2.45) is 0 Å². The fourth-order valence-corrected chi connectivity index (χ4v) is 7.51. The molecule has 0 amide bonds. The largest absolute Gasteiger partial charge is 0.295 e. The maximum atomic E-state index is 2.73. The van der Waals surface area contributed by atoms with Crippen molar-refractivity contribution in [1.29, 1.82) is 0 Å². The molecule has 0 bridgehead atoms. The molecule has 0 radical (unpaired) electrons. The number of hydrogen-bond acceptors (Lipinski definition) is 0. The Labute approximate surface area is 237 Å². The molecule has 4 aromatic rings. The molecular weight excluding hydrogens is 472 g/mol. The Bertz CT molecular complexity index is 1470. The van der Waals surface area contributed by atoms with Gasteiger partial charge in [-0.2, -0.15) is 4.57 Å². The van der Waals surface area contributed by atoms with Crippen LogP contribution in [0.15, 0.2) is 66.7 Å². The van der Waals surface area contributed by atoms with E-state index in [2.05, 4.69) is 131 Å². The first-order chi connectivity index (χ1) is 18.7. The molecule has 206 valence electrons. The van der Waals surface area contributed by atoms with E-state index < -0.39 is 0 Å². The zero-order valence-electron chi connectivity index (χ0n) is 25.6. The lowest BCUT2D eigenvalue weighted by Gasteiger charge is -2.47. The van der Waals surface area contributed by atoms with Gasteiger partial charge in [-0.25, -0.2) is 4.57 Å². The van der Waals surface area contributed by atoms with E-state index in [1.54, 1.807) is 0 Å². The van der Waals surface area contributed by atoms with Crippen molar-refractivity contribution in [1.82, 2.24) is 4.57 Å². The van der Waals surface area contributed by atoms with Crippen LogP contribution >= 0.6 is 0 Å². The highest BCUT2D eigenvalue weighted by Gasteiger charge is 2.56. The van der Waals surface area contributed by atoms with Gasteiger partial charge in [-0.15, -0.1) is 0 Å². The Morgan fingerprint density at radius 1 is 0.769 bits per heavy atom. The summed E-state index contributed by atoms with van der Waals surface area (Å²) in [6.45, 7) is 19.2. The number of fused-ring (bicyclic) bond motifs is 5. The fraction of sp³-hybridized carbons (Fsp3) is 0.486. The lowest BCUT2D eigenvalue weighted by molar-refractivity contribution is -0.743. The normalized spacial score (nSPS) is 21.3. The second-order valence-corrected chi connectivity index (χ2v) is 12.7. The third-order valence-corrected chi connectivity index (χ3v) is 10.3. The van der Waals surface area contributed by atoms with Crippen LogP contribution in [-0.2, 0) is 11.0 Å². The molecule has 39 heavy (non-hydrogen) atoms. The van der Waals surface area contributed by atoms with Crippen LogP contribution in [0.5, 0.6) is 0 Å². The molecule has 0 fully saturated rings. The molecule has 3 unspecified atom stereocenters. The zero-order chi connectivity index (χ0) is 27.9. The van der Waals surface area contributed by atoms with E-state index in [1.165, 1.54) is 70.5 Å². The summed E-state index contributed by atoms with van der Waals surface area (Å²) >= 11 is 0. The smallest absolute Gasteiger partial charge is 0.216 e. The molecular formula is C37H49N2+. The SMILES string of the molecule is CCCCCC(C)c1cccc(C(C)C)c1-n1c2[n+](c3ccccc31)C(C)(CC)C(C)(CC)c1ccccc1-2. The van der Waals surface area contributed by atoms with E-state index in [0.29, 0.717) is 11.8 Å². The minimum atomic E-state index is -0.0596. The van der Waals surface area contributed by atoms with Gasteiger partial charge in [0.05, 0.1) is 5.56 Å². The van der Waals surface area contributed by atoms with Crippen LogP contribution in [0.1, 0.15) is 122 Å². The summed E-state index contributed by atoms with van der Waals surface area (Å²) in [6, 6.07) is 25.5. The Morgan fingerprint density at radius 3 is 2.15 bits per heavy atom. The van der Waals surface area contributed by atoms with Crippen molar-refractivity contribution < 1.29 is 4.57 Å². The van der Waals surface area contributed by atoms with Gasteiger partial charge in [0.1, 0.15) is 11.2 Å². The third kappa shape index (κ3) is 4.09. The monoisotopic (exact) mass is 521 g/mol. The van der Waals surface area contributed by atoms with Gasteiger partial charge in [0.2, 0.25) is 0 Å². The minimum absolute atomic E-state index is 0.0266. The number of benzene rings is 3. The lowest BCUT2D eigenvalue weighted by atomic mass is 9.61. The molecule has 0 saturated heterocycles. The summed E-state index contributed by atoms with van der Waals surface area (Å²) in [5.41, 5.74) is 9.84. The predicted octanol–water partition coefficient (Wildman–Crippen LogP) is 10.2. The van der Waals surface area contributed by atoms with Crippen LogP contribution in [0.2, 0.25) is 0 Å². The van der Waals surface area contributed by atoms with Crippen molar-refractivity contribution in [2.75, 3.05) is 0 Å². The molecule has 1 aliphatic heterocycles. The van der Waals surface area contributed by atoms with Crippen LogP contribution in [0, 0.1) is 0 Å². The van der Waals surface area contributed by atoms with Crippen LogP contribution in [0.4, 0.5) is 0 Å². The van der Waals surface area contributed by atoms with E-state index in [-0.39, 0.29) is 11.0 Å². The summed E-state index contributed by atoms with van der Waals surface area (Å²) in [5.74, 6) is 2.28. The zero-order valence-corrected chi connectivity index (χ0v) is 25.6. The van der Waals surface area contributed by atoms with E-state index in [1.807, 2.05) is 0 Å². The molecule has 3 atom stereocenters. The molecule has 1 aromatic heterocycles. The molecule has 2 heterocycles. The second-order valence-electron chi connectivity index (χ2n) is 12.7. The molecule has 2 nitrogen and oxygen atoms in total. The molecule has 1 aliphatic rings. The highest BCUT2D eigenvalue weighted by Crippen LogP contribution is 2.51. The number of rotatable bonds is 9. The average molecular weight is 522 g/mol. The summed E-state index contributed by atoms with van der Waals surface area (Å²) in [7, 11) is 0. The standard InChI is InChI=1S/C37H49N2/c1-9-12-13-19-27(6)29-22-18-21-28(26(4)5)34(29)38-32-24-16-17-25-33(32)39-35(38)30-20-14-15-23-31(30)36(7,10-2)37(39,8)11-3/h14-18,20-27H,9-13,19H2,1-8H3/q+1. The van der Waals surface area contributed by atoms with Crippen LogP contribution < -0.4 is 4.57 Å². The first-order valence-electron chi connectivity index (χ1n) is 15.5. The molecule has 0 spiro atoms. The maximum absolute atomic E-state index is 2.73. The molecule has 0 saturated carbocycles. The van der Waals surface area contributed by atoms with Crippen molar-refractivity contribution in [3.8, 4) is 17.1 Å². The number of aromatic nitrogens is 2. The van der Waals surface area contributed by atoms with Crippen LogP contribution in [0.25, 0.3) is 28.1 Å². The van der Waals surface area contributed by atoms with Gasteiger partial charge in [-0.3, -0.25) is 0 Å². The highest BCUT2D eigenvalue weighted by molar-refractivity contribution is 5.82. The van der Waals surface area contributed by atoms with Crippen molar-refractivity contribution >= 4 is 11.0 Å². The van der Waals surface area contributed by atoms with Crippen molar-refractivity contribution in [3.63, 3.8) is 0 Å². The Morgan fingerprint density at radius 2 is 1.46 bits per heavy atom. The third-order valence-electron chi connectivity index (χ3n) is 10.3. The van der Waals surface area contributed by atoms with Gasteiger partial charge in [0.15, 0.2) is 11.0 Å². The Hall–Kier alpha value is -2.87. The van der Waals surface area contributed by atoms with Gasteiger partial charge < -0.3 is 0 Å². The van der Waals surface area contributed by atoms with Crippen molar-refractivity contribution in [2.45, 2.75) is 117 Å². The van der Waals surface area contributed by atoms with E-state index in [0.717, 1.165) is 12.8 Å². The van der Waals surface area contributed by atoms with Crippen LogP contribution in [0.3, 0.4) is 0 Å². The number of imidazole rings is 1. The number of nitrogens with zero attached hydrogens (tertiary/aromatic N) is 2. The molecule has 0 aliphatic carbocycles. The Kier molecular flexibility index (Phi) is 7.53. The summed E-state index contributed by atoms with van der Waals surface area (Å²) < 4.78 is 5.40. The van der Waals surface area contributed by atoms with Gasteiger partial charge in [0.25, 0.3) is 5.82 Å². The summed E-state index contributed by atoms with van der Waals surface area (Å²) in [5, 5.41) is 0. The minimum Gasteiger partial charge on any atom is -0.216 e. The van der Waals surface area contributed by atoms with Gasteiger partial charge in [0, 0.05) is 16.5 Å².